The van der Waals surface area contributed by atoms with Crippen LogP contribution in [0.2, 0.25) is 0 Å². The summed E-state index contributed by atoms with van der Waals surface area (Å²) in [4.78, 5) is 14.2. The fraction of sp³-hybridized carbons (Fsp3) is 0.0769. The first-order chi connectivity index (χ1) is 8.13. The number of rotatable bonds is 2. The van der Waals surface area contributed by atoms with Crippen LogP contribution < -0.4 is 0 Å². The molecule has 0 saturated heterocycles. The molecule has 1 N–H and O–H groups in total. The normalized spacial score (nSPS) is 9.94. The Morgan fingerprint density at radius 1 is 1.35 bits per heavy atom. The van der Waals surface area contributed by atoms with Crippen LogP contribution in [-0.4, -0.2) is 10.8 Å². The van der Waals surface area contributed by atoms with Gasteiger partial charge in [0.25, 0.3) is 0 Å². The molecule has 1 heterocycles. The quantitative estimate of drug-likeness (QED) is 0.860. The smallest absolute Gasteiger partial charge is 0.177 e. The van der Waals surface area contributed by atoms with Crippen molar-refractivity contribution in [2.45, 2.75) is 6.92 Å². The van der Waals surface area contributed by atoms with Crippen molar-refractivity contribution >= 4 is 21.7 Å². The Morgan fingerprint density at radius 2 is 2.00 bits per heavy atom. The molecule has 0 fully saturated rings. The summed E-state index contributed by atoms with van der Waals surface area (Å²) in [5.41, 5.74) is 2.43. The van der Waals surface area contributed by atoms with E-state index >= 15 is 0 Å². The highest BCUT2D eigenvalue weighted by molar-refractivity contribution is 9.10. The van der Waals surface area contributed by atoms with Gasteiger partial charge in [0, 0.05) is 23.2 Å². The van der Waals surface area contributed by atoms with Crippen molar-refractivity contribution in [3.63, 3.8) is 0 Å². The van der Waals surface area contributed by atoms with E-state index in [2.05, 4.69) is 27.0 Å². The Bertz CT molecular complexity index is 605. The van der Waals surface area contributed by atoms with Crippen LogP contribution in [0.15, 0.2) is 34.9 Å². The molecule has 0 unspecified atom stereocenters. The van der Waals surface area contributed by atoms with Crippen LogP contribution in [0, 0.1) is 11.3 Å². The zero-order chi connectivity index (χ0) is 12.4. The first-order valence-corrected chi connectivity index (χ1v) is 5.81. The largest absolute Gasteiger partial charge is 0.357 e. The van der Waals surface area contributed by atoms with Crippen LogP contribution in [0.4, 0.5) is 0 Å². The van der Waals surface area contributed by atoms with Crippen molar-refractivity contribution in [3.05, 3.63) is 46.2 Å². The standard InChI is InChI=1S/C13H9BrN2O/c1-8(17)13-11(6-15)12(7-16-13)9-2-4-10(14)5-3-9/h2-5,7,16H,1H3. The Hall–Kier alpha value is -1.86. The number of ketones is 1. The number of carbonyl (C=O) groups excluding carboxylic acids is 1. The second-order valence-corrected chi connectivity index (χ2v) is 4.54. The van der Waals surface area contributed by atoms with Gasteiger partial charge in [0.1, 0.15) is 11.8 Å². The first-order valence-electron chi connectivity index (χ1n) is 5.02. The summed E-state index contributed by atoms with van der Waals surface area (Å²) in [6.07, 6.45) is 1.69. The molecule has 1 aromatic heterocycles. The molecule has 0 aliphatic carbocycles. The molecule has 17 heavy (non-hydrogen) atoms. The van der Waals surface area contributed by atoms with E-state index in [1.165, 1.54) is 6.92 Å². The molecule has 4 heteroatoms. The minimum absolute atomic E-state index is 0.134. The molecule has 0 amide bonds. The molecule has 84 valence electrons. The van der Waals surface area contributed by atoms with Crippen LogP contribution in [-0.2, 0) is 0 Å². The number of nitrogens with one attached hydrogen (secondary N) is 1. The highest BCUT2D eigenvalue weighted by atomic mass is 79.9. The first kappa shape index (κ1) is 11.6. The highest BCUT2D eigenvalue weighted by Gasteiger charge is 2.15. The molecule has 0 aliphatic rings. The van der Waals surface area contributed by atoms with E-state index in [0.29, 0.717) is 11.3 Å². The zero-order valence-corrected chi connectivity index (χ0v) is 10.7. The molecule has 2 aromatic rings. The molecule has 0 bridgehead atoms. The highest BCUT2D eigenvalue weighted by Crippen LogP contribution is 2.27. The summed E-state index contributed by atoms with van der Waals surface area (Å²) in [5.74, 6) is -0.134. The molecule has 0 spiro atoms. The van der Waals surface area contributed by atoms with Gasteiger partial charge in [-0.15, -0.1) is 0 Å². The Balaban J connectivity index is 2.57. The van der Waals surface area contributed by atoms with Gasteiger partial charge < -0.3 is 4.98 Å². The lowest BCUT2D eigenvalue weighted by molar-refractivity contribution is 0.101. The van der Waals surface area contributed by atoms with Crippen molar-refractivity contribution in [1.29, 1.82) is 5.26 Å². The summed E-state index contributed by atoms with van der Waals surface area (Å²) in [7, 11) is 0. The average Bonchev–Trinajstić information content (AvgIpc) is 2.73. The number of H-pyrrole nitrogens is 1. The van der Waals surface area contributed by atoms with Gasteiger partial charge in [-0.25, -0.2) is 0 Å². The van der Waals surface area contributed by atoms with Crippen molar-refractivity contribution < 1.29 is 4.79 Å². The lowest BCUT2D eigenvalue weighted by Gasteiger charge is -1.99. The van der Waals surface area contributed by atoms with Gasteiger partial charge >= 0.3 is 0 Å². The molecule has 0 radical (unpaired) electrons. The minimum Gasteiger partial charge on any atom is -0.357 e. The van der Waals surface area contributed by atoms with Crippen molar-refractivity contribution in [1.82, 2.24) is 4.98 Å². The van der Waals surface area contributed by atoms with Crippen molar-refractivity contribution in [2.24, 2.45) is 0 Å². The number of aromatic nitrogens is 1. The molecule has 0 atom stereocenters. The SMILES string of the molecule is CC(=O)c1[nH]cc(-c2ccc(Br)cc2)c1C#N. The summed E-state index contributed by atoms with van der Waals surface area (Å²) < 4.78 is 0.974. The van der Waals surface area contributed by atoms with E-state index in [4.69, 9.17) is 5.26 Å². The molecular formula is C13H9BrN2O. The van der Waals surface area contributed by atoms with Crippen LogP contribution in [0.25, 0.3) is 11.1 Å². The summed E-state index contributed by atoms with van der Waals surface area (Å²) in [6, 6.07) is 9.68. The van der Waals surface area contributed by atoms with Gasteiger partial charge in [0.05, 0.1) is 5.56 Å². The Labute approximate surface area is 107 Å². The second kappa shape index (κ2) is 4.56. The number of halogens is 1. The monoisotopic (exact) mass is 288 g/mol. The predicted octanol–water partition coefficient (Wildman–Crippen LogP) is 3.52. The third kappa shape index (κ3) is 2.15. The van der Waals surface area contributed by atoms with Gasteiger partial charge in [-0.1, -0.05) is 28.1 Å². The number of aromatic amines is 1. The number of nitriles is 1. The number of benzene rings is 1. The zero-order valence-electron chi connectivity index (χ0n) is 9.12. The Kier molecular flexibility index (Phi) is 3.12. The van der Waals surface area contributed by atoms with E-state index in [1.54, 1.807) is 6.20 Å². The van der Waals surface area contributed by atoms with Crippen LogP contribution in [0.5, 0.6) is 0 Å². The molecule has 0 aliphatic heterocycles. The van der Waals surface area contributed by atoms with Crippen LogP contribution >= 0.6 is 15.9 Å². The maximum absolute atomic E-state index is 11.3. The van der Waals surface area contributed by atoms with E-state index in [9.17, 15) is 4.79 Å². The number of nitrogens with zero attached hydrogens (tertiary/aromatic N) is 1. The van der Waals surface area contributed by atoms with Gasteiger partial charge in [-0.2, -0.15) is 5.26 Å². The van der Waals surface area contributed by atoms with Gasteiger partial charge in [-0.3, -0.25) is 4.79 Å². The fourth-order valence-corrected chi connectivity index (χ4v) is 1.94. The maximum Gasteiger partial charge on any atom is 0.177 e. The molecule has 3 nitrogen and oxygen atoms in total. The maximum atomic E-state index is 11.3. The minimum atomic E-state index is -0.134. The Morgan fingerprint density at radius 3 is 2.53 bits per heavy atom. The third-order valence-corrected chi connectivity index (χ3v) is 3.03. The second-order valence-electron chi connectivity index (χ2n) is 3.63. The molecular weight excluding hydrogens is 280 g/mol. The van der Waals surface area contributed by atoms with E-state index in [0.717, 1.165) is 15.6 Å². The lowest BCUT2D eigenvalue weighted by Crippen LogP contribution is -1.95. The van der Waals surface area contributed by atoms with E-state index in [-0.39, 0.29) is 5.78 Å². The summed E-state index contributed by atoms with van der Waals surface area (Å²) in [5, 5.41) is 9.12. The fourth-order valence-electron chi connectivity index (χ4n) is 1.67. The van der Waals surface area contributed by atoms with Gasteiger partial charge in [-0.05, 0) is 17.7 Å². The van der Waals surface area contributed by atoms with Crippen molar-refractivity contribution in [3.8, 4) is 17.2 Å². The predicted molar refractivity (Wildman–Crippen MR) is 68.6 cm³/mol. The molecule has 1 aromatic carbocycles. The molecule has 2 rings (SSSR count). The van der Waals surface area contributed by atoms with Crippen LogP contribution in [0.1, 0.15) is 23.0 Å². The van der Waals surface area contributed by atoms with E-state index < -0.39 is 0 Å². The number of carbonyl (C=O) groups is 1. The van der Waals surface area contributed by atoms with Crippen molar-refractivity contribution in [2.75, 3.05) is 0 Å². The third-order valence-electron chi connectivity index (χ3n) is 2.50. The average molecular weight is 289 g/mol. The van der Waals surface area contributed by atoms with Gasteiger partial charge in [0.15, 0.2) is 5.78 Å². The topological polar surface area (TPSA) is 56.6 Å². The van der Waals surface area contributed by atoms with E-state index in [1.807, 2.05) is 24.3 Å². The summed E-state index contributed by atoms with van der Waals surface area (Å²) >= 11 is 3.36. The summed E-state index contributed by atoms with van der Waals surface area (Å²) in [6.45, 7) is 1.44. The molecule has 0 saturated carbocycles. The number of hydrogen-bond acceptors (Lipinski definition) is 2. The lowest BCUT2D eigenvalue weighted by atomic mass is 10.0. The number of Topliss-reactive ketones (excluding diaryl/α,β-unsaturated/α-hetero) is 1. The van der Waals surface area contributed by atoms with Gasteiger partial charge in [0.2, 0.25) is 0 Å². The number of hydrogen-bond donors (Lipinski definition) is 1. The van der Waals surface area contributed by atoms with Crippen LogP contribution in [0.3, 0.4) is 0 Å².